The maximum Gasteiger partial charge on any atom is 0.122 e. The van der Waals surface area contributed by atoms with Crippen LogP contribution in [0.5, 0.6) is 5.75 Å². The monoisotopic (exact) mass is 287 g/mol. The molecule has 0 fully saturated rings. The zero-order valence-corrected chi connectivity index (χ0v) is 11.3. The van der Waals surface area contributed by atoms with Crippen LogP contribution in [0.4, 0.5) is 0 Å². The maximum atomic E-state index is 5.36. The number of benzene rings is 1. The molecule has 0 bridgehead atoms. The minimum atomic E-state index is 0.564. The average molecular weight is 288 g/mol. The van der Waals surface area contributed by atoms with Crippen LogP contribution in [0, 0.1) is 6.92 Å². The first-order valence-electron chi connectivity index (χ1n) is 5.30. The van der Waals surface area contributed by atoms with Crippen molar-refractivity contribution >= 4 is 15.9 Å². The summed E-state index contributed by atoms with van der Waals surface area (Å²) >= 11 is 3.52. The third kappa shape index (κ3) is 3.77. The quantitative estimate of drug-likeness (QED) is 0.817. The summed E-state index contributed by atoms with van der Waals surface area (Å²) in [5.41, 5.74) is 7.67. The SMILES string of the molecule is COc1cc(C)c(Br)cc1CCOCCN. The van der Waals surface area contributed by atoms with Crippen molar-refractivity contribution in [2.24, 2.45) is 5.73 Å². The smallest absolute Gasteiger partial charge is 0.122 e. The van der Waals surface area contributed by atoms with Crippen LogP contribution >= 0.6 is 15.9 Å². The Labute approximate surface area is 105 Å². The zero-order valence-electron chi connectivity index (χ0n) is 9.75. The topological polar surface area (TPSA) is 44.5 Å². The summed E-state index contributed by atoms with van der Waals surface area (Å²) in [4.78, 5) is 0. The molecule has 1 rings (SSSR count). The summed E-state index contributed by atoms with van der Waals surface area (Å²) in [5, 5.41) is 0. The molecule has 0 heterocycles. The van der Waals surface area contributed by atoms with Crippen LogP contribution in [0.2, 0.25) is 0 Å². The van der Waals surface area contributed by atoms with Gasteiger partial charge in [0.15, 0.2) is 0 Å². The Balaban J connectivity index is 2.66. The summed E-state index contributed by atoms with van der Waals surface area (Å²) in [7, 11) is 1.69. The minimum absolute atomic E-state index is 0.564. The van der Waals surface area contributed by atoms with E-state index < -0.39 is 0 Å². The molecule has 0 radical (unpaired) electrons. The first-order valence-corrected chi connectivity index (χ1v) is 6.09. The third-order valence-corrected chi connectivity index (χ3v) is 3.19. The molecular weight excluding hydrogens is 270 g/mol. The van der Waals surface area contributed by atoms with E-state index in [0.717, 1.165) is 22.2 Å². The van der Waals surface area contributed by atoms with E-state index >= 15 is 0 Å². The van der Waals surface area contributed by atoms with Crippen molar-refractivity contribution in [3.63, 3.8) is 0 Å². The van der Waals surface area contributed by atoms with Gasteiger partial charge in [0, 0.05) is 11.0 Å². The number of ether oxygens (including phenoxy) is 2. The normalized spacial score (nSPS) is 10.5. The molecule has 0 saturated carbocycles. The predicted octanol–water partition coefficient (Wildman–Crippen LogP) is 2.28. The second-order valence-electron chi connectivity index (χ2n) is 3.56. The van der Waals surface area contributed by atoms with Crippen molar-refractivity contribution in [2.45, 2.75) is 13.3 Å². The lowest BCUT2D eigenvalue weighted by Gasteiger charge is -2.11. The summed E-state index contributed by atoms with van der Waals surface area (Å²) in [5.74, 6) is 0.914. The highest BCUT2D eigenvalue weighted by Gasteiger charge is 2.06. The van der Waals surface area contributed by atoms with E-state index in [1.54, 1.807) is 7.11 Å². The van der Waals surface area contributed by atoms with E-state index in [9.17, 15) is 0 Å². The Morgan fingerprint density at radius 1 is 1.31 bits per heavy atom. The number of halogens is 1. The van der Waals surface area contributed by atoms with Gasteiger partial charge in [-0.2, -0.15) is 0 Å². The largest absolute Gasteiger partial charge is 0.496 e. The van der Waals surface area contributed by atoms with Gasteiger partial charge < -0.3 is 15.2 Å². The van der Waals surface area contributed by atoms with Gasteiger partial charge in [-0.25, -0.2) is 0 Å². The number of hydrogen-bond donors (Lipinski definition) is 1. The summed E-state index contributed by atoms with van der Waals surface area (Å²) in [6.45, 7) is 3.88. The molecule has 0 saturated heterocycles. The van der Waals surface area contributed by atoms with Gasteiger partial charge in [0.25, 0.3) is 0 Å². The molecule has 2 N–H and O–H groups in total. The van der Waals surface area contributed by atoms with Crippen LogP contribution < -0.4 is 10.5 Å². The van der Waals surface area contributed by atoms with Gasteiger partial charge in [0.05, 0.1) is 20.3 Å². The molecule has 0 aliphatic rings. The molecule has 0 aliphatic heterocycles. The number of methoxy groups -OCH3 is 1. The molecule has 1 aromatic rings. The van der Waals surface area contributed by atoms with Gasteiger partial charge in [0.2, 0.25) is 0 Å². The molecule has 0 atom stereocenters. The van der Waals surface area contributed by atoms with Crippen molar-refractivity contribution < 1.29 is 9.47 Å². The van der Waals surface area contributed by atoms with Crippen molar-refractivity contribution in [1.82, 2.24) is 0 Å². The van der Waals surface area contributed by atoms with Gasteiger partial charge in [-0.15, -0.1) is 0 Å². The van der Waals surface area contributed by atoms with Crippen LogP contribution in [0.25, 0.3) is 0 Å². The van der Waals surface area contributed by atoms with Crippen LogP contribution in [-0.2, 0) is 11.2 Å². The maximum absolute atomic E-state index is 5.36. The van der Waals surface area contributed by atoms with E-state index in [1.165, 1.54) is 5.56 Å². The minimum Gasteiger partial charge on any atom is -0.496 e. The average Bonchev–Trinajstić information content (AvgIpc) is 2.28. The number of aryl methyl sites for hydroxylation is 1. The summed E-state index contributed by atoms with van der Waals surface area (Å²) in [6, 6.07) is 4.11. The Hall–Kier alpha value is -0.580. The first-order chi connectivity index (χ1) is 7.69. The molecule has 1 aromatic carbocycles. The second-order valence-corrected chi connectivity index (χ2v) is 4.42. The summed E-state index contributed by atoms with van der Waals surface area (Å²) in [6.07, 6.45) is 0.835. The van der Waals surface area contributed by atoms with Crippen LogP contribution in [-0.4, -0.2) is 26.9 Å². The van der Waals surface area contributed by atoms with Gasteiger partial charge in [0.1, 0.15) is 5.75 Å². The third-order valence-electron chi connectivity index (χ3n) is 2.34. The molecule has 0 aliphatic carbocycles. The molecular formula is C12H18BrNO2. The van der Waals surface area contributed by atoms with E-state index in [-0.39, 0.29) is 0 Å². The second kappa shape index (κ2) is 6.89. The zero-order chi connectivity index (χ0) is 12.0. The van der Waals surface area contributed by atoms with Gasteiger partial charge in [-0.3, -0.25) is 0 Å². The molecule has 0 amide bonds. The lowest BCUT2D eigenvalue weighted by Crippen LogP contribution is -2.10. The number of hydrogen-bond acceptors (Lipinski definition) is 3. The van der Waals surface area contributed by atoms with Crippen LogP contribution in [0.1, 0.15) is 11.1 Å². The van der Waals surface area contributed by atoms with Gasteiger partial charge >= 0.3 is 0 Å². The molecule has 0 spiro atoms. The Morgan fingerprint density at radius 3 is 2.69 bits per heavy atom. The highest BCUT2D eigenvalue weighted by Crippen LogP contribution is 2.27. The Bertz CT molecular complexity index is 342. The van der Waals surface area contributed by atoms with Gasteiger partial charge in [-0.05, 0) is 36.6 Å². The molecule has 3 nitrogen and oxygen atoms in total. The Morgan fingerprint density at radius 2 is 2.06 bits per heavy atom. The van der Waals surface area contributed by atoms with Crippen LogP contribution in [0.15, 0.2) is 16.6 Å². The van der Waals surface area contributed by atoms with E-state index in [2.05, 4.69) is 22.0 Å². The fraction of sp³-hybridized carbons (Fsp3) is 0.500. The van der Waals surface area contributed by atoms with E-state index in [1.807, 2.05) is 13.0 Å². The Kier molecular flexibility index (Phi) is 5.80. The lowest BCUT2D eigenvalue weighted by atomic mass is 10.1. The molecule has 0 unspecified atom stereocenters. The molecule has 4 heteroatoms. The van der Waals surface area contributed by atoms with Crippen molar-refractivity contribution in [3.05, 3.63) is 27.7 Å². The fourth-order valence-corrected chi connectivity index (χ4v) is 1.84. The van der Waals surface area contributed by atoms with E-state index in [0.29, 0.717) is 19.8 Å². The standard InChI is InChI=1S/C12H18BrNO2/c1-9-7-12(15-2)10(8-11(9)13)3-5-16-6-4-14/h7-8H,3-6,14H2,1-2H3. The number of rotatable bonds is 6. The predicted molar refractivity (Wildman–Crippen MR) is 69.0 cm³/mol. The van der Waals surface area contributed by atoms with Crippen molar-refractivity contribution in [3.8, 4) is 5.75 Å². The highest BCUT2D eigenvalue weighted by molar-refractivity contribution is 9.10. The van der Waals surface area contributed by atoms with Crippen molar-refractivity contribution in [1.29, 1.82) is 0 Å². The van der Waals surface area contributed by atoms with Crippen LogP contribution in [0.3, 0.4) is 0 Å². The lowest BCUT2D eigenvalue weighted by molar-refractivity contribution is 0.144. The van der Waals surface area contributed by atoms with Crippen molar-refractivity contribution in [2.75, 3.05) is 26.9 Å². The van der Waals surface area contributed by atoms with Gasteiger partial charge in [-0.1, -0.05) is 15.9 Å². The van der Waals surface area contributed by atoms with E-state index in [4.69, 9.17) is 15.2 Å². The molecule has 0 aromatic heterocycles. The molecule has 90 valence electrons. The number of nitrogens with two attached hydrogens (primary N) is 1. The fourth-order valence-electron chi connectivity index (χ4n) is 1.45. The molecule has 16 heavy (non-hydrogen) atoms. The summed E-state index contributed by atoms with van der Waals surface area (Å²) < 4.78 is 11.8. The highest BCUT2D eigenvalue weighted by atomic mass is 79.9. The first kappa shape index (κ1) is 13.5.